The predicted molar refractivity (Wildman–Crippen MR) is 127 cm³/mol. The number of fused-ring (bicyclic) bond motifs is 1. The monoisotopic (exact) mass is 424 g/mol. The van der Waals surface area contributed by atoms with Gasteiger partial charge in [0.05, 0.1) is 11.1 Å². The molecule has 0 radical (unpaired) electrons. The number of phenolic OH excluding ortho intramolecular Hbond substituents is 1. The first kappa shape index (κ1) is 20.2. The normalized spacial score (nSPS) is 15.7. The number of hydrogen-bond acceptors (Lipinski definition) is 6. The fourth-order valence-corrected chi connectivity index (χ4v) is 4.07. The Bertz CT molecular complexity index is 1300. The summed E-state index contributed by atoms with van der Waals surface area (Å²) in [6.07, 6.45) is 1.03. The molecule has 0 saturated carbocycles. The number of ketones is 1. The van der Waals surface area contributed by atoms with Crippen molar-refractivity contribution in [2.45, 2.75) is 19.4 Å². The zero-order valence-electron chi connectivity index (χ0n) is 17.8. The van der Waals surface area contributed by atoms with Crippen molar-refractivity contribution in [3.63, 3.8) is 0 Å². The molecule has 4 aromatic rings. The Labute approximate surface area is 186 Å². The van der Waals surface area contributed by atoms with Gasteiger partial charge in [0, 0.05) is 23.5 Å². The number of benzene rings is 3. The van der Waals surface area contributed by atoms with E-state index in [-0.39, 0.29) is 11.5 Å². The molecule has 1 aliphatic heterocycles. The third kappa shape index (κ3) is 3.92. The van der Waals surface area contributed by atoms with Crippen molar-refractivity contribution in [1.29, 1.82) is 0 Å². The molecule has 0 aliphatic carbocycles. The number of nitrogens with one attached hydrogen (secondary N) is 2. The van der Waals surface area contributed by atoms with Crippen LogP contribution < -0.4 is 10.6 Å². The van der Waals surface area contributed by atoms with Gasteiger partial charge in [0.15, 0.2) is 11.6 Å². The van der Waals surface area contributed by atoms with Crippen LogP contribution in [0.1, 0.15) is 23.7 Å². The molecular weight excluding hydrogens is 400 g/mol. The summed E-state index contributed by atoms with van der Waals surface area (Å²) in [5, 5.41) is 18.5. The summed E-state index contributed by atoms with van der Waals surface area (Å²) in [6.45, 7) is 3.43. The second kappa shape index (κ2) is 8.40. The fraction of sp³-hybridized carbons (Fsp3) is 0.192. The van der Waals surface area contributed by atoms with Gasteiger partial charge in [0.1, 0.15) is 11.6 Å². The quantitative estimate of drug-likeness (QED) is 0.405. The molecule has 0 spiro atoms. The molecule has 1 aliphatic rings. The Morgan fingerprint density at radius 1 is 1.03 bits per heavy atom. The van der Waals surface area contributed by atoms with Gasteiger partial charge < -0.3 is 15.7 Å². The Kier molecular flexibility index (Phi) is 5.29. The molecule has 5 rings (SSSR count). The van der Waals surface area contributed by atoms with E-state index in [1.54, 1.807) is 13.0 Å². The van der Waals surface area contributed by atoms with E-state index in [1.165, 1.54) is 0 Å². The van der Waals surface area contributed by atoms with Gasteiger partial charge in [-0.05, 0) is 55.3 Å². The number of aromatic hydroxyl groups is 1. The van der Waals surface area contributed by atoms with Crippen LogP contribution in [0.25, 0.3) is 33.4 Å². The molecule has 1 saturated heterocycles. The van der Waals surface area contributed by atoms with Crippen LogP contribution in [0.2, 0.25) is 0 Å². The van der Waals surface area contributed by atoms with Crippen LogP contribution in [0.15, 0.2) is 66.7 Å². The highest BCUT2D eigenvalue weighted by atomic mass is 16.3. The van der Waals surface area contributed by atoms with Crippen LogP contribution in [0.3, 0.4) is 0 Å². The smallest absolute Gasteiger partial charge is 0.165 e. The minimum Gasteiger partial charge on any atom is -0.507 e. The van der Waals surface area contributed by atoms with E-state index >= 15 is 0 Å². The molecule has 32 heavy (non-hydrogen) atoms. The van der Waals surface area contributed by atoms with E-state index in [2.05, 4.69) is 10.6 Å². The van der Waals surface area contributed by atoms with Gasteiger partial charge in [-0.3, -0.25) is 4.79 Å². The van der Waals surface area contributed by atoms with E-state index in [0.717, 1.165) is 47.4 Å². The first-order valence-electron chi connectivity index (χ1n) is 10.8. The maximum atomic E-state index is 11.6. The minimum absolute atomic E-state index is 0.0324. The highest BCUT2D eigenvalue weighted by molar-refractivity contribution is 5.94. The molecule has 0 amide bonds. The van der Waals surface area contributed by atoms with E-state index < -0.39 is 0 Å². The van der Waals surface area contributed by atoms with Crippen LogP contribution in [-0.2, 0) is 0 Å². The Hall–Kier alpha value is -3.77. The van der Waals surface area contributed by atoms with Crippen LogP contribution in [0.4, 0.5) is 5.82 Å². The number of carbonyl (C=O) groups is 1. The first-order chi connectivity index (χ1) is 15.6. The third-order valence-corrected chi connectivity index (χ3v) is 5.87. The van der Waals surface area contributed by atoms with Crippen molar-refractivity contribution in [3.05, 3.63) is 72.3 Å². The summed E-state index contributed by atoms with van der Waals surface area (Å²) >= 11 is 0. The molecule has 3 N–H and O–H groups in total. The SMILES string of the molecule is CC(=O)c1ccc(-c2ccc(O)c(-c3nc(N[C@H]4CCNC4)c4ccccc4n3)c2)cc1. The number of para-hydroxylation sites is 1. The standard InChI is InChI=1S/C26H24N4O2/c1-16(31)17-6-8-18(9-7-17)19-10-11-24(32)22(14-19)26-29-23-5-3-2-4-21(23)25(30-26)28-20-12-13-27-15-20/h2-11,14,20,27,32H,12-13,15H2,1H3,(H,28,29,30)/t20-/m0/s1. The van der Waals surface area contributed by atoms with Crippen LogP contribution in [0.5, 0.6) is 5.75 Å². The van der Waals surface area contributed by atoms with Gasteiger partial charge >= 0.3 is 0 Å². The average molecular weight is 425 g/mol. The molecule has 160 valence electrons. The molecule has 1 aromatic heterocycles. The lowest BCUT2D eigenvalue weighted by Gasteiger charge is -2.16. The maximum Gasteiger partial charge on any atom is 0.165 e. The number of hydrogen-bond donors (Lipinski definition) is 3. The van der Waals surface area contributed by atoms with Gasteiger partial charge in [-0.15, -0.1) is 0 Å². The fourth-order valence-electron chi connectivity index (χ4n) is 4.07. The lowest BCUT2D eigenvalue weighted by molar-refractivity contribution is 0.101. The molecular formula is C26H24N4O2. The summed E-state index contributed by atoms with van der Waals surface area (Å²) in [7, 11) is 0. The van der Waals surface area contributed by atoms with Crippen molar-refractivity contribution in [2.75, 3.05) is 18.4 Å². The van der Waals surface area contributed by atoms with Gasteiger partial charge in [0.2, 0.25) is 0 Å². The lowest BCUT2D eigenvalue weighted by Crippen LogP contribution is -2.23. The second-order valence-corrected chi connectivity index (χ2v) is 8.11. The topological polar surface area (TPSA) is 87.1 Å². The number of aromatic nitrogens is 2. The van der Waals surface area contributed by atoms with Crippen molar-refractivity contribution in [1.82, 2.24) is 15.3 Å². The van der Waals surface area contributed by atoms with Gasteiger partial charge in [-0.1, -0.05) is 42.5 Å². The number of nitrogens with zero attached hydrogens (tertiary/aromatic N) is 2. The van der Waals surface area contributed by atoms with Crippen LogP contribution >= 0.6 is 0 Å². The van der Waals surface area contributed by atoms with E-state index in [4.69, 9.17) is 9.97 Å². The largest absolute Gasteiger partial charge is 0.507 e. The van der Waals surface area contributed by atoms with Crippen LogP contribution in [-0.4, -0.2) is 40.0 Å². The Morgan fingerprint density at radius 3 is 2.56 bits per heavy atom. The van der Waals surface area contributed by atoms with E-state index in [1.807, 2.05) is 60.7 Å². The molecule has 1 fully saturated rings. The van der Waals surface area contributed by atoms with Gasteiger partial charge in [-0.25, -0.2) is 9.97 Å². The van der Waals surface area contributed by atoms with Gasteiger partial charge in [0.25, 0.3) is 0 Å². The van der Waals surface area contributed by atoms with E-state index in [0.29, 0.717) is 23.0 Å². The highest BCUT2D eigenvalue weighted by Gasteiger charge is 2.18. The van der Waals surface area contributed by atoms with E-state index in [9.17, 15) is 9.90 Å². The summed E-state index contributed by atoms with van der Waals surface area (Å²) in [5.41, 5.74) is 3.92. The average Bonchev–Trinajstić information content (AvgIpc) is 3.32. The third-order valence-electron chi connectivity index (χ3n) is 5.87. The molecule has 6 nitrogen and oxygen atoms in total. The number of carbonyl (C=O) groups excluding carboxylic acids is 1. The maximum absolute atomic E-state index is 11.6. The number of phenols is 1. The predicted octanol–water partition coefficient (Wildman–Crippen LogP) is 4.65. The Balaban J connectivity index is 1.58. The van der Waals surface area contributed by atoms with Gasteiger partial charge in [-0.2, -0.15) is 0 Å². The molecule has 2 heterocycles. The number of anilines is 1. The molecule has 1 atom stereocenters. The highest BCUT2D eigenvalue weighted by Crippen LogP contribution is 2.34. The molecule has 6 heteroatoms. The van der Waals surface area contributed by atoms with Crippen molar-refractivity contribution >= 4 is 22.5 Å². The van der Waals surface area contributed by atoms with Crippen molar-refractivity contribution < 1.29 is 9.90 Å². The molecule has 3 aromatic carbocycles. The number of Topliss-reactive ketones (excluding diaryl/α,β-unsaturated/α-hetero) is 1. The van der Waals surface area contributed by atoms with Crippen molar-refractivity contribution in [3.8, 4) is 28.3 Å². The first-order valence-corrected chi connectivity index (χ1v) is 10.8. The minimum atomic E-state index is 0.0324. The summed E-state index contributed by atoms with van der Waals surface area (Å²) < 4.78 is 0. The summed E-state index contributed by atoms with van der Waals surface area (Å²) in [6, 6.07) is 21.1. The second-order valence-electron chi connectivity index (χ2n) is 8.11. The summed E-state index contributed by atoms with van der Waals surface area (Å²) in [5.74, 6) is 1.40. The van der Waals surface area contributed by atoms with Crippen molar-refractivity contribution in [2.24, 2.45) is 0 Å². The molecule has 0 bridgehead atoms. The lowest BCUT2D eigenvalue weighted by atomic mass is 10.00. The Morgan fingerprint density at radius 2 is 1.81 bits per heavy atom. The zero-order chi connectivity index (χ0) is 22.1. The zero-order valence-corrected chi connectivity index (χ0v) is 17.8. The number of rotatable bonds is 5. The summed E-state index contributed by atoms with van der Waals surface area (Å²) in [4.78, 5) is 21.1. The van der Waals surface area contributed by atoms with Crippen LogP contribution in [0, 0.1) is 0 Å². The molecule has 0 unspecified atom stereocenters.